The van der Waals surface area contributed by atoms with Gasteiger partial charge in [-0.1, -0.05) is 119 Å². The third-order valence-electron chi connectivity index (χ3n) is 24.1. The van der Waals surface area contributed by atoms with Crippen LogP contribution in [-0.2, 0) is 67.0 Å². The summed E-state index contributed by atoms with van der Waals surface area (Å²) in [6.07, 6.45) is 1.85. The first kappa shape index (κ1) is 89.0. The number of fused-ring (bicyclic) bond motifs is 3. The molecule has 26 nitrogen and oxygen atoms in total. The first-order valence-corrected chi connectivity index (χ1v) is 39.3. The maximum atomic E-state index is 15.8. The average molecular weight is 1520 g/mol. The summed E-state index contributed by atoms with van der Waals surface area (Å²) in [5.41, 5.74) is -2.21. The minimum Gasteiger partial charge on any atom is -0.381 e. The van der Waals surface area contributed by atoms with Gasteiger partial charge in [0, 0.05) is 89.6 Å². The van der Waals surface area contributed by atoms with Crippen molar-refractivity contribution in [3.8, 4) is 0 Å². The fourth-order valence-corrected chi connectivity index (χ4v) is 17.5. The maximum absolute atomic E-state index is 15.8. The number of alkyl halides is 3. The van der Waals surface area contributed by atoms with Gasteiger partial charge in [0.2, 0.25) is 70.9 Å². The number of likely N-dealkylation sites (N-methyl/N-ethyl adjacent to an activating group) is 7. The number of halogens is 3. The summed E-state index contributed by atoms with van der Waals surface area (Å²) < 4.78 is 54.6. The molecule has 606 valence electrons. The highest BCUT2D eigenvalue weighted by Gasteiger charge is 2.59. The summed E-state index contributed by atoms with van der Waals surface area (Å²) in [4.78, 5) is 194. The van der Waals surface area contributed by atoms with Crippen LogP contribution in [0.1, 0.15) is 198 Å². The average Bonchev–Trinajstić information content (AvgIpc) is 1.33. The van der Waals surface area contributed by atoms with E-state index in [0.29, 0.717) is 31.6 Å². The van der Waals surface area contributed by atoms with E-state index in [1.165, 1.54) is 103 Å². The van der Waals surface area contributed by atoms with Crippen molar-refractivity contribution in [3.05, 3.63) is 12.2 Å². The third-order valence-corrected chi connectivity index (χ3v) is 24.1. The topological polar surface area (TPSA) is 289 Å². The molecule has 0 aromatic carbocycles. The van der Waals surface area contributed by atoms with Crippen molar-refractivity contribution in [3.63, 3.8) is 0 Å². The van der Waals surface area contributed by atoms with Gasteiger partial charge in [0.25, 0.3) is 0 Å². The molecule has 29 heteroatoms. The van der Waals surface area contributed by atoms with Crippen molar-refractivity contribution in [2.75, 3.05) is 96.3 Å². The smallest absolute Gasteiger partial charge is 0.381 e. The number of nitrogens with one attached hydrogen (secondary N) is 3. The molecule has 3 saturated carbocycles. The molecule has 0 aromatic heterocycles. The summed E-state index contributed by atoms with van der Waals surface area (Å²) in [7, 11) is 12.7. The van der Waals surface area contributed by atoms with E-state index in [9.17, 15) is 41.9 Å². The quantitative estimate of drug-likeness (QED) is 0.141. The van der Waals surface area contributed by atoms with E-state index in [1.807, 2.05) is 54.5 Å². The highest BCUT2D eigenvalue weighted by Crippen LogP contribution is 2.50. The maximum Gasteiger partial charge on any atom is 0.394 e. The lowest BCUT2D eigenvalue weighted by Gasteiger charge is -2.54. The summed E-state index contributed by atoms with van der Waals surface area (Å²) in [5, 5.41) is 8.88. The number of rotatable bonds is 16. The minimum atomic E-state index is -4.53. The molecule has 6 aliphatic rings. The van der Waals surface area contributed by atoms with Crippen molar-refractivity contribution < 1.29 is 80.2 Å². The van der Waals surface area contributed by atoms with E-state index < -0.39 is 192 Å². The minimum absolute atomic E-state index is 0.00732. The van der Waals surface area contributed by atoms with E-state index in [1.54, 1.807) is 19.9 Å². The van der Waals surface area contributed by atoms with Gasteiger partial charge in [0.15, 0.2) is 0 Å². The molecule has 0 aromatic rings. The molecule has 12 amide bonds. The van der Waals surface area contributed by atoms with Gasteiger partial charge in [0.1, 0.15) is 53.9 Å². The van der Waals surface area contributed by atoms with E-state index in [-0.39, 0.29) is 102 Å². The molecule has 3 aliphatic heterocycles. The second-order valence-corrected chi connectivity index (χ2v) is 33.4. The van der Waals surface area contributed by atoms with Gasteiger partial charge < -0.3 is 69.5 Å². The summed E-state index contributed by atoms with van der Waals surface area (Å²) in [5.74, 6) is -10.9. The molecule has 2 saturated heterocycles. The predicted octanol–water partition coefficient (Wildman–Crippen LogP) is 6.42. The number of hydrogen-bond acceptors (Lipinski definition) is 14. The van der Waals surface area contributed by atoms with Crippen molar-refractivity contribution in [2.45, 2.75) is 270 Å². The zero-order valence-electron chi connectivity index (χ0n) is 67.5. The largest absolute Gasteiger partial charge is 0.394 e. The molecule has 3 heterocycles. The van der Waals surface area contributed by atoms with Gasteiger partial charge in [-0.3, -0.25) is 57.5 Å². The van der Waals surface area contributed by atoms with Crippen LogP contribution in [-0.4, -0.2) is 284 Å². The van der Waals surface area contributed by atoms with Crippen molar-refractivity contribution in [1.82, 2.24) is 60.0 Å². The third kappa shape index (κ3) is 22.2. The first-order valence-electron chi connectivity index (χ1n) is 39.3. The Bertz CT molecular complexity index is 3150. The Morgan fingerprint density at radius 2 is 1.30 bits per heavy atom. The zero-order chi connectivity index (χ0) is 80.1. The summed E-state index contributed by atoms with van der Waals surface area (Å²) in [6, 6.07) is -10.3. The molecule has 3 aliphatic carbocycles. The standard InChI is InChI=1S/C78H129F3N12O14/c1-20-49(8)65-73(103)87(14)44-64(96)88(15)56-27-25-24-26-36-92(72(56)102)60(38-50-30-28-48(7)29-31-50)71(101)86(13)43-62(94)82-55(35-33-51-32-34-54(78(79,80)81)61(39-51)106-19)69(99)93-42-53(107-23-4)40-58(93)68(98)84-77(45-76(9,10)46-77)75(105)91(18)66(52(21-2)22-3)74(104)90(17)59(70(100)85(11)12)41-63(95)89(16)57(37-47(5)6)67(97)83-65/h24-25,47-61,65-66H,20-23,26-46H2,1-19H3,(H,82,94)(H,83,97)(H,84,98)/b25-24-/t48?,49-,50?,51?,53+,54?,55-,56-,57-,58-,59-,60-,61?,65-,66-/m0/s1. The predicted molar refractivity (Wildman–Crippen MR) is 398 cm³/mol. The van der Waals surface area contributed by atoms with E-state index in [4.69, 9.17) is 9.47 Å². The zero-order valence-corrected chi connectivity index (χ0v) is 67.5. The molecule has 5 fully saturated rings. The van der Waals surface area contributed by atoms with Gasteiger partial charge in [-0.05, 0) is 118 Å². The monoisotopic (exact) mass is 1510 g/mol. The van der Waals surface area contributed by atoms with Crippen LogP contribution in [0.25, 0.3) is 0 Å². The number of methoxy groups -OCH3 is 1. The SMILES string of the molecule is CCO[C@@H]1C[C@H]2C(=O)NC3(CC(C)(C)C3)C(=O)N(C)[C@@H](C(CC)CC)C(=O)N(C)[C@H](C(=O)N(C)C)CC(=O)N(C)[C@@H](CC(C)C)C(=O)N[C@@H]([C@@H](C)CC)C(=O)N(C)CC(=O)N(C)[C@H]3C/C=C\CCN(C3=O)[C@@H](CC3CCC(C)CC3)C(=O)N(C)CC(=O)N[C@@H](CCC3CCC(C(F)(F)F)C(OC)C3)C(=O)N2C1. The fraction of sp³-hybridized carbons (Fsp3) is 0.821. The number of hydrogen-bond donors (Lipinski definition) is 3. The van der Waals surface area contributed by atoms with E-state index in [0.717, 1.165) is 30.6 Å². The second kappa shape index (κ2) is 38.6. The molecular weight excluding hydrogens is 1390 g/mol. The highest BCUT2D eigenvalue weighted by atomic mass is 19.4. The molecule has 3 unspecified atom stereocenters. The lowest BCUT2D eigenvalue weighted by Crippen LogP contribution is -2.71. The van der Waals surface area contributed by atoms with Crippen LogP contribution in [0, 0.1) is 46.8 Å². The summed E-state index contributed by atoms with van der Waals surface area (Å²) >= 11 is 0. The normalized spacial score (nSPS) is 30.9. The van der Waals surface area contributed by atoms with Gasteiger partial charge in [-0.15, -0.1) is 0 Å². The van der Waals surface area contributed by atoms with E-state index in [2.05, 4.69) is 22.9 Å². The number of ether oxygens (including phenoxy) is 2. The Balaban J connectivity index is 1.50. The van der Waals surface area contributed by atoms with Crippen LogP contribution in [0.4, 0.5) is 13.2 Å². The molecule has 107 heavy (non-hydrogen) atoms. The van der Waals surface area contributed by atoms with Crippen molar-refractivity contribution in [1.29, 1.82) is 0 Å². The molecule has 1 spiro atoms. The number of carbonyl (C=O) groups is 12. The molecule has 6 rings (SSSR count). The Morgan fingerprint density at radius 1 is 0.673 bits per heavy atom. The van der Waals surface area contributed by atoms with Gasteiger partial charge >= 0.3 is 6.18 Å². The van der Waals surface area contributed by atoms with Crippen molar-refractivity contribution in [2.24, 2.45) is 46.8 Å². The van der Waals surface area contributed by atoms with Crippen LogP contribution >= 0.6 is 0 Å². The highest BCUT2D eigenvalue weighted by molar-refractivity contribution is 6.01. The lowest BCUT2D eigenvalue weighted by molar-refractivity contribution is -0.215. The number of amides is 12. The van der Waals surface area contributed by atoms with E-state index >= 15 is 28.8 Å². The molecule has 3 N–H and O–H groups in total. The Morgan fingerprint density at radius 3 is 1.87 bits per heavy atom. The van der Waals surface area contributed by atoms with Gasteiger partial charge in [-0.2, -0.15) is 13.2 Å². The van der Waals surface area contributed by atoms with Crippen molar-refractivity contribution >= 4 is 70.9 Å². The Kier molecular flexibility index (Phi) is 32.1. The number of nitrogens with zero attached hydrogens (tertiary/aromatic N) is 9. The molecule has 13 atom stereocenters. The first-order chi connectivity index (χ1) is 50.1. The second-order valence-electron chi connectivity index (χ2n) is 33.4. The summed E-state index contributed by atoms with van der Waals surface area (Å²) in [6.45, 7) is 17.7. The van der Waals surface area contributed by atoms with Gasteiger partial charge in [0.05, 0.1) is 37.6 Å². The van der Waals surface area contributed by atoms with Crippen LogP contribution in [0.15, 0.2) is 12.2 Å². The molecule has 0 radical (unpaired) electrons. The van der Waals surface area contributed by atoms with Gasteiger partial charge in [-0.25, -0.2) is 0 Å². The Hall–Kier alpha value is -6.91. The Labute approximate surface area is 633 Å². The van der Waals surface area contributed by atoms with Crippen LogP contribution < -0.4 is 16.0 Å². The molecular formula is C78H129F3N12O14. The van der Waals surface area contributed by atoms with Crippen LogP contribution in [0.3, 0.4) is 0 Å². The fourth-order valence-electron chi connectivity index (χ4n) is 17.5. The molecule has 2 bridgehead atoms. The van der Waals surface area contributed by atoms with Crippen LogP contribution in [0.2, 0.25) is 0 Å². The van der Waals surface area contributed by atoms with Crippen LogP contribution in [0.5, 0.6) is 0 Å². The lowest BCUT2D eigenvalue weighted by atomic mass is 9.58. The number of carbonyl (C=O) groups excluding carboxylic acids is 12.